The topological polar surface area (TPSA) is 89.3 Å². The first-order chi connectivity index (χ1) is 17.0. The maximum Gasteiger partial charge on any atom is 0.261 e. The molecule has 35 heavy (non-hydrogen) atoms. The van der Waals surface area contributed by atoms with Gasteiger partial charge in [-0.1, -0.05) is 24.3 Å². The van der Waals surface area contributed by atoms with E-state index in [0.29, 0.717) is 11.3 Å². The average molecular weight is 504 g/mol. The fraction of sp³-hybridized carbons (Fsp3) is 0.231. The third-order valence-corrected chi connectivity index (χ3v) is 8.43. The van der Waals surface area contributed by atoms with Gasteiger partial charge in [-0.3, -0.25) is 9.62 Å². The minimum atomic E-state index is -3.71. The van der Waals surface area contributed by atoms with E-state index in [-0.39, 0.29) is 4.90 Å². The van der Waals surface area contributed by atoms with Crippen LogP contribution < -0.4 is 9.62 Å². The molecule has 1 saturated heterocycles. The van der Waals surface area contributed by atoms with E-state index in [9.17, 15) is 8.42 Å². The van der Waals surface area contributed by atoms with Gasteiger partial charge in [-0.25, -0.2) is 8.42 Å². The lowest BCUT2D eigenvalue weighted by atomic mass is 10.1. The molecule has 7 nitrogen and oxygen atoms in total. The van der Waals surface area contributed by atoms with Crippen molar-refractivity contribution in [3.05, 3.63) is 83.9 Å². The normalized spacial score (nSPS) is 14.7. The number of sulfonamides is 1. The Hall–Kier alpha value is -3.45. The van der Waals surface area contributed by atoms with Crippen LogP contribution in [-0.2, 0) is 16.4 Å². The number of piperazine rings is 1. The molecule has 1 aliphatic rings. The molecule has 0 aliphatic carbocycles. The Labute approximate surface area is 209 Å². The van der Waals surface area contributed by atoms with Crippen molar-refractivity contribution in [2.75, 3.05) is 42.3 Å². The van der Waals surface area contributed by atoms with Gasteiger partial charge in [0.2, 0.25) is 0 Å². The van der Waals surface area contributed by atoms with Crippen molar-refractivity contribution < 1.29 is 8.42 Å². The molecule has 1 fully saturated rings. The monoisotopic (exact) mass is 503 g/mol. The summed E-state index contributed by atoms with van der Waals surface area (Å²) in [4.78, 5) is 4.94. The van der Waals surface area contributed by atoms with Gasteiger partial charge in [-0.15, -0.1) is 0 Å². The van der Waals surface area contributed by atoms with Crippen molar-refractivity contribution in [2.45, 2.75) is 11.3 Å². The van der Waals surface area contributed by atoms with Crippen LogP contribution in [0.3, 0.4) is 0 Å². The minimum absolute atomic E-state index is 0.132. The number of hydrogen-bond donors (Lipinski definition) is 1. The van der Waals surface area contributed by atoms with Crippen LogP contribution in [0.2, 0.25) is 0 Å². The summed E-state index contributed by atoms with van der Waals surface area (Å²) in [6, 6.07) is 23.8. The Morgan fingerprint density at radius 1 is 0.971 bits per heavy atom. The van der Waals surface area contributed by atoms with Gasteiger partial charge in [0.1, 0.15) is 5.82 Å². The number of nitriles is 1. The molecule has 9 heteroatoms. The molecule has 3 aromatic carbocycles. The van der Waals surface area contributed by atoms with Gasteiger partial charge in [0.25, 0.3) is 10.0 Å². The maximum absolute atomic E-state index is 12.7. The molecule has 0 unspecified atom stereocenters. The predicted molar refractivity (Wildman–Crippen MR) is 140 cm³/mol. The second-order valence-electron chi connectivity index (χ2n) is 8.52. The first kappa shape index (κ1) is 23.3. The van der Waals surface area contributed by atoms with E-state index in [1.165, 1.54) is 34.4 Å². The summed E-state index contributed by atoms with van der Waals surface area (Å²) in [7, 11) is -3.71. The van der Waals surface area contributed by atoms with Gasteiger partial charge in [0.05, 0.1) is 21.2 Å². The van der Waals surface area contributed by atoms with E-state index in [1.807, 2.05) is 24.3 Å². The number of aromatic nitrogens is 1. The number of fused-ring (bicyclic) bond motifs is 1. The molecule has 2 heterocycles. The highest BCUT2D eigenvalue weighted by molar-refractivity contribution is 7.92. The first-order valence-electron chi connectivity index (χ1n) is 11.5. The number of hydrogen-bond acceptors (Lipinski definition) is 7. The molecular weight excluding hydrogens is 478 g/mol. The van der Waals surface area contributed by atoms with Crippen molar-refractivity contribution in [3.8, 4) is 6.07 Å². The molecule has 0 saturated carbocycles. The summed E-state index contributed by atoms with van der Waals surface area (Å²) in [6.07, 6.45) is 0.839. The standard InChI is InChI=1S/C26H25N5O2S2/c27-19-21-8-10-23(11-9-21)35(32,33)29-22-5-3-4-20(18-22)12-13-30-14-16-31(17-15-30)26-24-6-1-2-7-25(24)34-28-26/h1-11,18,29H,12-17H2. The second-order valence-corrected chi connectivity index (χ2v) is 11.0. The van der Waals surface area contributed by atoms with Gasteiger partial charge < -0.3 is 4.90 Å². The van der Waals surface area contributed by atoms with Crippen LogP contribution in [0, 0.1) is 11.3 Å². The SMILES string of the molecule is N#Cc1ccc(S(=O)(=O)Nc2cccc(CCN3CCN(c4nsc5ccccc45)CC3)c2)cc1. The summed E-state index contributed by atoms with van der Waals surface area (Å²) in [5.74, 6) is 1.09. The van der Waals surface area contributed by atoms with Crippen molar-refractivity contribution in [1.29, 1.82) is 5.26 Å². The molecule has 178 valence electrons. The lowest BCUT2D eigenvalue weighted by Crippen LogP contribution is -2.47. The summed E-state index contributed by atoms with van der Waals surface area (Å²) < 4.78 is 34.0. The van der Waals surface area contributed by atoms with Crippen LogP contribution in [0.25, 0.3) is 10.1 Å². The maximum atomic E-state index is 12.7. The lowest BCUT2D eigenvalue weighted by Gasteiger charge is -2.35. The van der Waals surface area contributed by atoms with Crippen LogP contribution in [0.1, 0.15) is 11.1 Å². The van der Waals surface area contributed by atoms with Crippen LogP contribution >= 0.6 is 11.5 Å². The minimum Gasteiger partial charge on any atom is -0.353 e. The average Bonchev–Trinajstić information content (AvgIpc) is 3.32. The highest BCUT2D eigenvalue weighted by atomic mass is 32.2. The van der Waals surface area contributed by atoms with E-state index in [1.54, 1.807) is 17.6 Å². The first-order valence-corrected chi connectivity index (χ1v) is 13.7. The smallest absolute Gasteiger partial charge is 0.261 e. The fourth-order valence-electron chi connectivity index (χ4n) is 4.28. The van der Waals surface area contributed by atoms with E-state index in [2.05, 4.69) is 43.2 Å². The van der Waals surface area contributed by atoms with Crippen molar-refractivity contribution in [2.24, 2.45) is 0 Å². The molecule has 5 rings (SSSR count). The zero-order chi connectivity index (χ0) is 24.3. The van der Waals surface area contributed by atoms with Crippen LogP contribution in [0.4, 0.5) is 11.5 Å². The van der Waals surface area contributed by atoms with E-state index in [0.717, 1.165) is 50.5 Å². The van der Waals surface area contributed by atoms with Gasteiger partial charge >= 0.3 is 0 Å². The largest absolute Gasteiger partial charge is 0.353 e. The van der Waals surface area contributed by atoms with Crippen molar-refractivity contribution in [1.82, 2.24) is 9.27 Å². The molecule has 0 atom stereocenters. The molecule has 0 radical (unpaired) electrons. The zero-order valence-electron chi connectivity index (χ0n) is 19.1. The summed E-state index contributed by atoms with van der Waals surface area (Å²) in [5, 5.41) is 10.1. The van der Waals surface area contributed by atoms with Gasteiger partial charge in [0.15, 0.2) is 0 Å². The van der Waals surface area contributed by atoms with Crippen molar-refractivity contribution >= 4 is 43.1 Å². The molecule has 0 amide bonds. The zero-order valence-corrected chi connectivity index (χ0v) is 20.7. The van der Waals surface area contributed by atoms with Gasteiger partial charge in [-0.05, 0) is 72.0 Å². The molecular formula is C26H25N5O2S2. The summed E-state index contributed by atoms with van der Waals surface area (Å²) in [5.41, 5.74) is 2.04. The molecule has 1 aromatic heterocycles. The number of anilines is 2. The highest BCUT2D eigenvalue weighted by Gasteiger charge is 2.20. The number of nitrogens with one attached hydrogen (secondary N) is 1. The Morgan fingerprint density at radius 3 is 2.51 bits per heavy atom. The van der Waals surface area contributed by atoms with E-state index >= 15 is 0 Å². The Morgan fingerprint density at radius 2 is 1.74 bits per heavy atom. The second kappa shape index (κ2) is 10.0. The third kappa shape index (κ3) is 5.30. The van der Waals surface area contributed by atoms with Gasteiger partial charge in [0, 0.05) is 43.8 Å². The Balaban J connectivity index is 1.16. The fourth-order valence-corrected chi connectivity index (χ4v) is 6.13. The van der Waals surface area contributed by atoms with Crippen LogP contribution in [0.15, 0.2) is 77.7 Å². The predicted octanol–water partition coefficient (Wildman–Crippen LogP) is 4.33. The van der Waals surface area contributed by atoms with Crippen LogP contribution in [0.5, 0.6) is 0 Å². The van der Waals surface area contributed by atoms with Crippen LogP contribution in [-0.4, -0.2) is 50.4 Å². The Kier molecular flexibility index (Phi) is 6.68. The molecule has 0 spiro atoms. The van der Waals surface area contributed by atoms with E-state index < -0.39 is 10.0 Å². The van der Waals surface area contributed by atoms with E-state index in [4.69, 9.17) is 5.26 Å². The van der Waals surface area contributed by atoms with Crippen molar-refractivity contribution in [3.63, 3.8) is 0 Å². The lowest BCUT2D eigenvalue weighted by molar-refractivity contribution is 0.261. The number of rotatable bonds is 7. The number of benzene rings is 3. The molecule has 1 aliphatic heterocycles. The molecule has 1 N–H and O–H groups in total. The number of nitrogens with zero attached hydrogens (tertiary/aromatic N) is 4. The summed E-state index contributed by atoms with van der Waals surface area (Å²) in [6.45, 7) is 4.74. The summed E-state index contributed by atoms with van der Waals surface area (Å²) >= 11 is 1.55. The van der Waals surface area contributed by atoms with Gasteiger partial charge in [-0.2, -0.15) is 9.64 Å². The highest BCUT2D eigenvalue weighted by Crippen LogP contribution is 2.29. The Bertz CT molecular complexity index is 1470. The quantitative estimate of drug-likeness (QED) is 0.404. The molecule has 4 aromatic rings. The third-order valence-electron chi connectivity index (χ3n) is 6.22. The molecule has 0 bridgehead atoms.